The van der Waals surface area contributed by atoms with Gasteiger partial charge in [0.25, 0.3) is 0 Å². The maximum Gasteiger partial charge on any atom is 0.191 e. The molecule has 0 aliphatic heterocycles. The lowest BCUT2D eigenvalue weighted by molar-refractivity contribution is 0.131. The fraction of sp³-hybridized carbons (Fsp3) is 0.647. The van der Waals surface area contributed by atoms with Gasteiger partial charge in [-0.25, -0.2) is 4.98 Å². The summed E-state index contributed by atoms with van der Waals surface area (Å²) in [5, 5.41) is 6.87. The minimum absolute atomic E-state index is 0.492. The van der Waals surface area contributed by atoms with Crippen molar-refractivity contribution in [2.24, 2.45) is 10.4 Å². The highest BCUT2D eigenvalue weighted by Crippen LogP contribution is 2.42. The average Bonchev–Trinajstić information content (AvgIpc) is 2.49. The molecule has 0 saturated heterocycles. The van der Waals surface area contributed by atoms with Crippen LogP contribution < -0.4 is 15.5 Å². The van der Waals surface area contributed by atoms with Gasteiger partial charge in [-0.2, -0.15) is 0 Å². The van der Waals surface area contributed by atoms with E-state index in [-0.39, 0.29) is 0 Å². The zero-order chi connectivity index (χ0) is 16.0. The first-order valence-corrected chi connectivity index (χ1v) is 8.15. The van der Waals surface area contributed by atoms with E-state index in [1.54, 1.807) is 0 Å². The Hall–Kier alpha value is -1.78. The van der Waals surface area contributed by atoms with Gasteiger partial charge in [0.2, 0.25) is 0 Å². The van der Waals surface area contributed by atoms with Crippen molar-refractivity contribution >= 4 is 11.8 Å². The van der Waals surface area contributed by atoms with E-state index in [1.807, 2.05) is 38.3 Å². The Balaban J connectivity index is 1.85. The van der Waals surface area contributed by atoms with Crippen LogP contribution in [0.4, 0.5) is 5.82 Å². The quantitative estimate of drug-likeness (QED) is 0.626. The van der Waals surface area contributed by atoms with Crippen molar-refractivity contribution in [2.75, 3.05) is 32.6 Å². The third kappa shape index (κ3) is 4.12. The van der Waals surface area contributed by atoms with Gasteiger partial charge < -0.3 is 15.5 Å². The standard InChI is InChI=1S/C17H29N5/c1-5-17(8-6-9-17)13-21-16(18-2)20-12-14-7-10-19-15(11-14)22(3)4/h7,10-11H,5-6,8-9,12-13H2,1-4H3,(H2,18,20,21). The highest BCUT2D eigenvalue weighted by atomic mass is 15.2. The summed E-state index contributed by atoms with van der Waals surface area (Å²) >= 11 is 0. The summed E-state index contributed by atoms with van der Waals surface area (Å²) in [6, 6.07) is 4.13. The maximum absolute atomic E-state index is 4.34. The van der Waals surface area contributed by atoms with Crippen molar-refractivity contribution in [1.82, 2.24) is 15.6 Å². The number of rotatable bonds is 6. The molecule has 5 nitrogen and oxygen atoms in total. The van der Waals surface area contributed by atoms with Gasteiger partial charge in [-0.15, -0.1) is 0 Å². The second-order valence-corrected chi connectivity index (χ2v) is 6.40. The molecule has 22 heavy (non-hydrogen) atoms. The highest BCUT2D eigenvalue weighted by molar-refractivity contribution is 5.79. The maximum atomic E-state index is 4.34. The minimum atomic E-state index is 0.492. The van der Waals surface area contributed by atoms with Crippen LogP contribution in [0.3, 0.4) is 0 Å². The van der Waals surface area contributed by atoms with Crippen LogP contribution in [-0.4, -0.2) is 38.6 Å². The smallest absolute Gasteiger partial charge is 0.191 e. The number of pyridine rings is 1. The summed E-state index contributed by atoms with van der Waals surface area (Å²) in [6.45, 7) is 4.06. The summed E-state index contributed by atoms with van der Waals surface area (Å²) in [5.41, 5.74) is 1.70. The molecule has 0 spiro atoms. The molecule has 1 fully saturated rings. The number of nitrogens with one attached hydrogen (secondary N) is 2. The lowest BCUT2D eigenvalue weighted by atomic mass is 9.67. The van der Waals surface area contributed by atoms with Gasteiger partial charge >= 0.3 is 0 Å². The van der Waals surface area contributed by atoms with Crippen molar-refractivity contribution in [3.63, 3.8) is 0 Å². The Bertz CT molecular complexity index is 500. The van der Waals surface area contributed by atoms with Gasteiger partial charge in [-0.1, -0.05) is 13.3 Å². The highest BCUT2D eigenvalue weighted by Gasteiger charge is 2.34. The lowest BCUT2D eigenvalue weighted by Crippen LogP contribution is -2.46. The molecule has 1 heterocycles. The van der Waals surface area contributed by atoms with Gasteiger partial charge in [0.05, 0.1) is 0 Å². The predicted molar refractivity (Wildman–Crippen MR) is 93.3 cm³/mol. The third-order valence-electron chi connectivity index (χ3n) is 4.75. The average molecular weight is 303 g/mol. The molecule has 1 aromatic heterocycles. The molecule has 1 aliphatic carbocycles. The van der Waals surface area contributed by atoms with Crippen molar-refractivity contribution in [1.29, 1.82) is 0 Å². The van der Waals surface area contributed by atoms with Crippen molar-refractivity contribution in [3.05, 3.63) is 23.9 Å². The first-order valence-electron chi connectivity index (χ1n) is 8.15. The lowest BCUT2D eigenvalue weighted by Gasteiger charge is -2.41. The third-order valence-corrected chi connectivity index (χ3v) is 4.75. The summed E-state index contributed by atoms with van der Waals surface area (Å²) in [6.07, 6.45) is 7.14. The SMILES string of the molecule is CCC1(CNC(=NC)NCc2ccnc(N(C)C)c2)CCC1. The summed E-state index contributed by atoms with van der Waals surface area (Å²) in [7, 11) is 5.83. The van der Waals surface area contributed by atoms with Crippen molar-refractivity contribution in [3.8, 4) is 0 Å². The monoisotopic (exact) mass is 303 g/mol. The fourth-order valence-corrected chi connectivity index (χ4v) is 2.82. The number of nitrogens with zero attached hydrogens (tertiary/aromatic N) is 3. The molecule has 2 N–H and O–H groups in total. The number of hydrogen-bond donors (Lipinski definition) is 2. The molecule has 0 amide bonds. The summed E-state index contributed by atoms with van der Waals surface area (Å²) in [5.74, 6) is 1.85. The molecule has 1 aliphatic rings. The molecular weight excluding hydrogens is 274 g/mol. The van der Waals surface area contributed by atoms with Gasteiger partial charge in [-0.05, 0) is 42.4 Å². The Morgan fingerprint density at radius 2 is 2.14 bits per heavy atom. The van der Waals surface area contributed by atoms with E-state index in [0.29, 0.717) is 5.41 Å². The molecule has 5 heteroatoms. The molecule has 2 rings (SSSR count). The van der Waals surface area contributed by atoms with Crippen molar-refractivity contribution < 1.29 is 0 Å². The number of guanidine groups is 1. The molecule has 0 bridgehead atoms. The molecule has 122 valence electrons. The van der Waals surface area contributed by atoms with Crippen molar-refractivity contribution in [2.45, 2.75) is 39.2 Å². The molecule has 1 aromatic rings. The number of aromatic nitrogens is 1. The number of aliphatic imine (C=N–C) groups is 1. The summed E-state index contributed by atoms with van der Waals surface area (Å²) < 4.78 is 0. The zero-order valence-electron chi connectivity index (χ0n) is 14.3. The predicted octanol–water partition coefficient (Wildman–Crippen LogP) is 2.39. The minimum Gasteiger partial charge on any atom is -0.363 e. The van der Waals surface area contributed by atoms with Gasteiger partial charge in [0.15, 0.2) is 5.96 Å². The van der Waals surface area contributed by atoms with Crippen LogP contribution in [0.25, 0.3) is 0 Å². The molecule has 0 aromatic carbocycles. The second-order valence-electron chi connectivity index (χ2n) is 6.40. The Morgan fingerprint density at radius 3 is 2.68 bits per heavy atom. The first kappa shape index (κ1) is 16.6. The number of anilines is 1. The second kappa shape index (κ2) is 7.47. The Labute approximate surface area is 134 Å². The molecule has 1 saturated carbocycles. The van der Waals surface area contributed by atoms with Crippen LogP contribution in [-0.2, 0) is 6.54 Å². The molecular formula is C17H29N5. The van der Waals surface area contributed by atoms with Crippen LogP contribution in [0, 0.1) is 5.41 Å². The molecule has 0 atom stereocenters. The normalized spacial score (nSPS) is 16.8. The van der Waals surface area contributed by atoms with E-state index in [1.165, 1.54) is 31.2 Å². The van der Waals surface area contributed by atoms with E-state index in [9.17, 15) is 0 Å². The van der Waals surface area contributed by atoms with Crippen LogP contribution in [0.2, 0.25) is 0 Å². The van der Waals surface area contributed by atoms with E-state index in [2.05, 4.69) is 33.6 Å². The Morgan fingerprint density at radius 1 is 1.36 bits per heavy atom. The van der Waals surface area contributed by atoms with Gasteiger partial charge in [0.1, 0.15) is 5.82 Å². The fourth-order valence-electron chi connectivity index (χ4n) is 2.82. The molecule has 0 unspecified atom stereocenters. The van der Waals surface area contributed by atoms with E-state index in [0.717, 1.165) is 24.9 Å². The molecule has 0 radical (unpaired) electrons. The first-order chi connectivity index (χ1) is 10.6. The summed E-state index contributed by atoms with van der Waals surface area (Å²) in [4.78, 5) is 10.7. The Kier molecular flexibility index (Phi) is 5.63. The van der Waals surface area contributed by atoms with E-state index < -0.39 is 0 Å². The largest absolute Gasteiger partial charge is 0.363 e. The van der Waals surface area contributed by atoms with Crippen LogP contribution in [0.5, 0.6) is 0 Å². The van der Waals surface area contributed by atoms with Gasteiger partial charge in [0, 0.05) is 40.4 Å². The van der Waals surface area contributed by atoms with Crippen LogP contribution in [0.1, 0.15) is 38.2 Å². The van der Waals surface area contributed by atoms with Crippen LogP contribution >= 0.6 is 0 Å². The van der Waals surface area contributed by atoms with E-state index in [4.69, 9.17) is 0 Å². The van der Waals surface area contributed by atoms with E-state index >= 15 is 0 Å². The topological polar surface area (TPSA) is 52.6 Å². The number of hydrogen-bond acceptors (Lipinski definition) is 3. The zero-order valence-corrected chi connectivity index (χ0v) is 14.3. The van der Waals surface area contributed by atoms with Gasteiger partial charge in [-0.3, -0.25) is 4.99 Å². The van der Waals surface area contributed by atoms with Crippen LogP contribution in [0.15, 0.2) is 23.3 Å².